The largest absolute Gasteiger partial charge is 1.00 e. The van der Waals surface area contributed by atoms with Crippen LogP contribution in [-0.4, -0.2) is 15.2 Å². The van der Waals surface area contributed by atoms with Crippen molar-refractivity contribution in [1.29, 1.82) is 0 Å². The quantitative estimate of drug-likeness (QED) is 0.540. The van der Waals surface area contributed by atoms with Crippen molar-refractivity contribution in [3.8, 4) is 11.5 Å². The van der Waals surface area contributed by atoms with Gasteiger partial charge in [0.05, 0.1) is 14.9 Å². The topological polar surface area (TPSA) is 76.4 Å². The summed E-state index contributed by atoms with van der Waals surface area (Å²) in [5, 5.41) is 6.81. The maximum atomic E-state index is 10.8. The molecule has 0 atom stereocenters. The molecule has 1 aliphatic rings. The summed E-state index contributed by atoms with van der Waals surface area (Å²) in [7, 11) is -3.91. The standard InChI is InChI=1S/C7H6NO4S.K/c8-13(9,10)5-1-2-6-7(3-5)12-4-11-6;/h1-3H,4H2,(H-,8,9,10);/q-1;+1. The van der Waals surface area contributed by atoms with Gasteiger partial charge in [0, 0.05) is 6.07 Å². The molecule has 0 fully saturated rings. The summed E-state index contributed by atoms with van der Waals surface area (Å²) < 4.78 is 31.6. The van der Waals surface area contributed by atoms with Crippen molar-refractivity contribution in [2.24, 2.45) is 0 Å². The molecule has 0 saturated carbocycles. The fraction of sp³-hybridized carbons (Fsp3) is 0.143. The molecule has 14 heavy (non-hydrogen) atoms. The Labute approximate surface area is 124 Å². The Morgan fingerprint density at radius 3 is 2.50 bits per heavy atom. The summed E-state index contributed by atoms with van der Waals surface area (Å²) in [6.45, 7) is 0.0941. The van der Waals surface area contributed by atoms with Crippen LogP contribution in [0.4, 0.5) is 0 Å². The van der Waals surface area contributed by atoms with Crippen LogP contribution in [0, 0.1) is 0 Å². The molecule has 70 valence electrons. The summed E-state index contributed by atoms with van der Waals surface area (Å²) in [6, 6.07) is 4.07. The van der Waals surface area contributed by atoms with E-state index >= 15 is 0 Å². The predicted octanol–water partition coefficient (Wildman–Crippen LogP) is -1.84. The van der Waals surface area contributed by atoms with Crippen LogP contribution in [0.15, 0.2) is 23.1 Å². The number of hydrogen-bond acceptors (Lipinski definition) is 4. The molecule has 7 heteroatoms. The van der Waals surface area contributed by atoms with Crippen molar-refractivity contribution >= 4 is 10.0 Å². The molecule has 5 nitrogen and oxygen atoms in total. The molecule has 1 N–H and O–H groups in total. The first-order chi connectivity index (χ1) is 6.07. The average Bonchev–Trinajstić information content (AvgIpc) is 2.47. The van der Waals surface area contributed by atoms with Gasteiger partial charge in [0.25, 0.3) is 0 Å². The predicted molar refractivity (Wildman–Crippen MR) is 44.1 cm³/mol. The van der Waals surface area contributed by atoms with E-state index in [2.05, 4.69) is 0 Å². The Kier molecular flexibility index (Phi) is 3.98. The van der Waals surface area contributed by atoms with Gasteiger partial charge in [-0.3, -0.25) is 0 Å². The zero-order valence-corrected chi connectivity index (χ0v) is 11.4. The van der Waals surface area contributed by atoms with Gasteiger partial charge in [-0.05, 0) is 12.1 Å². The number of nitrogens with one attached hydrogen (secondary N) is 1. The molecule has 1 aliphatic heterocycles. The van der Waals surface area contributed by atoms with Crippen LogP contribution in [0.5, 0.6) is 11.5 Å². The molecule has 0 aliphatic carbocycles. The van der Waals surface area contributed by atoms with E-state index in [1.165, 1.54) is 18.2 Å². The van der Waals surface area contributed by atoms with Crippen molar-refractivity contribution in [1.82, 2.24) is 0 Å². The number of rotatable bonds is 1. The molecule has 2 rings (SSSR count). The summed E-state index contributed by atoms with van der Waals surface area (Å²) in [5.74, 6) is 0.876. The van der Waals surface area contributed by atoms with E-state index in [0.29, 0.717) is 11.5 Å². The van der Waals surface area contributed by atoms with Crippen molar-refractivity contribution in [2.45, 2.75) is 4.90 Å². The van der Waals surface area contributed by atoms with Crippen LogP contribution in [0.3, 0.4) is 0 Å². The van der Waals surface area contributed by atoms with E-state index < -0.39 is 10.0 Å². The number of ether oxygens (including phenoxy) is 2. The van der Waals surface area contributed by atoms with Gasteiger partial charge in [-0.15, -0.1) is 0 Å². The van der Waals surface area contributed by atoms with Crippen molar-refractivity contribution < 1.29 is 69.3 Å². The zero-order valence-electron chi connectivity index (χ0n) is 7.48. The SMILES string of the molecule is [K+].[NH-]S(=O)(=O)c1ccc2c(c1)OCO2. The third-order valence-corrected chi connectivity index (χ3v) is 2.53. The van der Waals surface area contributed by atoms with E-state index in [4.69, 9.17) is 14.6 Å². The average molecular weight is 239 g/mol. The van der Waals surface area contributed by atoms with Gasteiger partial charge < -0.3 is 14.6 Å². The fourth-order valence-electron chi connectivity index (χ4n) is 1.04. The smallest absolute Gasteiger partial charge is 0.560 e. The van der Waals surface area contributed by atoms with Crippen LogP contribution in [-0.2, 0) is 10.0 Å². The van der Waals surface area contributed by atoms with Gasteiger partial charge >= 0.3 is 51.4 Å². The molecule has 1 aromatic carbocycles. The Bertz CT molecular complexity index is 445. The third-order valence-electron chi connectivity index (χ3n) is 1.65. The van der Waals surface area contributed by atoms with Crippen LogP contribution >= 0.6 is 0 Å². The van der Waals surface area contributed by atoms with Crippen LogP contribution < -0.4 is 60.9 Å². The molecule has 0 spiro atoms. The molecule has 0 aromatic heterocycles. The Balaban J connectivity index is 0.000000980. The Morgan fingerprint density at radius 2 is 1.86 bits per heavy atom. The van der Waals surface area contributed by atoms with Gasteiger partial charge in [0.15, 0.2) is 11.5 Å². The molecular weight excluding hydrogens is 233 g/mol. The molecule has 0 saturated heterocycles. The summed E-state index contributed by atoms with van der Waals surface area (Å²) in [5.41, 5.74) is 0. The van der Waals surface area contributed by atoms with Crippen molar-refractivity contribution in [3.63, 3.8) is 0 Å². The summed E-state index contributed by atoms with van der Waals surface area (Å²) in [6.07, 6.45) is 0. The molecule has 0 amide bonds. The minimum Gasteiger partial charge on any atom is -0.560 e. The maximum Gasteiger partial charge on any atom is 1.00 e. The zero-order chi connectivity index (χ0) is 9.47. The first kappa shape index (κ1) is 12.4. The van der Waals surface area contributed by atoms with E-state index in [0.717, 1.165) is 0 Å². The molecule has 0 unspecified atom stereocenters. The second-order valence-electron chi connectivity index (χ2n) is 2.52. The maximum absolute atomic E-state index is 10.8. The Morgan fingerprint density at radius 1 is 1.21 bits per heavy atom. The van der Waals surface area contributed by atoms with Gasteiger partial charge in [-0.1, -0.05) is 0 Å². The van der Waals surface area contributed by atoms with E-state index in [9.17, 15) is 8.42 Å². The number of sulfonamides is 1. The fourth-order valence-corrected chi connectivity index (χ4v) is 1.55. The number of fused-ring (bicyclic) bond motifs is 1. The summed E-state index contributed by atoms with van der Waals surface area (Å²) in [4.78, 5) is -0.0863. The van der Waals surface area contributed by atoms with E-state index in [1.807, 2.05) is 0 Å². The van der Waals surface area contributed by atoms with Gasteiger partial charge in [0.1, 0.15) is 0 Å². The Hall–Kier alpha value is 0.366. The minimum atomic E-state index is -3.91. The van der Waals surface area contributed by atoms with Gasteiger partial charge in [0.2, 0.25) is 6.79 Å². The number of hydrogen-bond donors (Lipinski definition) is 0. The first-order valence-electron chi connectivity index (χ1n) is 3.47. The van der Waals surface area contributed by atoms with Crippen LogP contribution in [0.2, 0.25) is 0 Å². The molecular formula is C7H6KNO4S. The van der Waals surface area contributed by atoms with Crippen LogP contribution in [0.1, 0.15) is 0 Å². The number of benzene rings is 1. The molecule has 0 bridgehead atoms. The van der Waals surface area contributed by atoms with Crippen molar-refractivity contribution in [3.05, 3.63) is 23.3 Å². The molecule has 0 radical (unpaired) electrons. The normalized spacial score (nSPS) is 13.5. The molecule has 1 heterocycles. The van der Waals surface area contributed by atoms with Crippen LogP contribution in [0.25, 0.3) is 5.14 Å². The van der Waals surface area contributed by atoms with E-state index in [1.54, 1.807) is 0 Å². The van der Waals surface area contributed by atoms with Crippen molar-refractivity contribution in [2.75, 3.05) is 6.79 Å². The first-order valence-corrected chi connectivity index (χ1v) is 4.95. The van der Waals surface area contributed by atoms with Gasteiger partial charge in [-0.2, -0.15) is 0 Å². The summed E-state index contributed by atoms with van der Waals surface area (Å²) >= 11 is 0. The monoisotopic (exact) mass is 239 g/mol. The van der Waals surface area contributed by atoms with E-state index in [-0.39, 0.29) is 63.1 Å². The third kappa shape index (κ3) is 2.48. The second-order valence-corrected chi connectivity index (χ2v) is 4.00. The minimum absolute atomic E-state index is 0. The second kappa shape index (κ2) is 4.48. The molecule has 1 aromatic rings. The van der Waals surface area contributed by atoms with Gasteiger partial charge in [-0.25, -0.2) is 8.42 Å².